The van der Waals surface area contributed by atoms with Crippen LogP contribution in [0.2, 0.25) is 0 Å². The van der Waals surface area contributed by atoms with Gasteiger partial charge < -0.3 is 5.73 Å². The molecule has 2 aromatic heterocycles. The number of aromatic nitrogens is 3. The van der Waals surface area contributed by atoms with Crippen molar-refractivity contribution in [2.45, 2.75) is 39.0 Å². The van der Waals surface area contributed by atoms with Crippen LogP contribution in [0, 0.1) is 18.8 Å². The fourth-order valence-corrected chi connectivity index (χ4v) is 3.77. The van der Waals surface area contributed by atoms with Crippen molar-refractivity contribution in [1.82, 2.24) is 14.8 Å². The topological polar surface area (TPSA) is 73.8 Å². The molecule has 5 nitrogen and oxygen atoms in total. The van der Waals surface area contributed by atoms with Crippen molar-refractivity contribution in [3.05, 3.63) is 53.8 Å². The Morgan fingerprint density at radius 2 is 1.86 bits per heavy atom. The Hall–Kier alpha value is -2.91. The molecule has 0 unspecified atom stereocenters. The Balaban J connectivity index is 0.000000261. The summed E-state index contributed by atoms with van der Waals surface area (Å²) in [6, 6.07) is 9.78. The number of carbonyl (C=O) groups is 1. The summed E-state index contributed by atoms with van der Waals surface area (Å²) >= 11 is 1.37. The van der Waals surface area contributed by atoms with Gasteiger partial charge in [-0.25, -0.2) is 9.67 Å². The van der Waals surface area contributed by atoms with Crippen LogP contribution in [0.4, 0.5) is 0 Å². The molecule has 1 aliphatic carbocycles. The van der Waals surface area contributed by atoms with Crippen molar-refractivity contribution in [1.29, 1.82) is 0 Å². The lowest BCUT2D eigenvalue weighted by Gasteiger charge is -2.15. The summed E-state index contributed by atoms with van der Waals surface area (Å²) in [7, 11) is 0. The number of nitrogens with zero attached hydrogens (tertiary/aromatic N) is 3. The van der Waals surface area contributed by atoms with Crippen molar-refractivity contribution in [3.8, 4) is 29.1 Å². The molecule has 2 N–H and O–H groups in total. The molecular formula is C22H26N4OS. The average molecular weight is 395 g/mol. The Labute approximate surface area is 170 Å². The van der Waals surface area contributed by atoms with Gasteiger partial charge in [0.15, 0.2) is 0 Å². The lowest BCUT2D eigenvalue weighted by molar-refractivity contribution is 0.0996. The van der Waals surface area contributed by atoms with E-state index in [1.54, 1.807) is 16.3 Å². The zero-order chi connectivity index (χ0) is 20.4. The van der Waals surface area contributed by atoms with Gasteiger partial charge in [-0.05, 0) is 18.1 Å². The molecule has 28 heavy (non-hydrogen) atoms. The molecule has 1 aromatic carbocycles. The standard InChI is InChI=1S/C13H10N4OS.C7H14.C2H2/c14-12(18)11-8-19-13(16-11)9-6-15-17(7-9)10-4-2-1-3-5-10;1-7-5-3-2-4-6-7;1-2/h1-8H,(H2,14,18);7H,2-6H2,1H3;1-2H. The van der Waals surface area contributed by atoms with Crippen LogP contribution in [0.25, 0.3) is 16.3 Å². The smallest absolute Gasteiger partial charge is 0.268 e. The number of amides is 1. The van der Waals surface area contributed by atoms with Crippen LogP contribution in [0.3, 0.4) is 0 Å². The second kappa shape index (κ2) is 11.1. The van der Waals surface area contributed by atoms with Crippen LogP contribution in [0.5, 0.6) is 0 Å². The SMILES string of the molecule is C#C.CC1CCCCC1.NC(=O)c1csc(-c2cnn(-c3ccccc3)c2)n1. The summed E-state index contributed by atoms with van der Waals surface area (Å²) < 4.78 is 1.76. The van der Waals surface area contributed by atoms with E-state index in [0.29, 0.717) is 0 Å². The van der Waals surface area contributed by atoms with E-state index in [1.807, 2.05) is 36.5 Å². The highest BCUT2D eigenvalue weighted by atomic mass is 32.1. The van der Waals surface area contributed by atoms with Crippen LogP contribution in [-0.2, 0) is 0 Å². The second-order valence-electron chi connectivity index (χ2n) is 6.65. The summed E-state index contributed by atoms with van der Waals surface area (Å²) in [5, 5.41) is 6.67. The number of hydrogen-bond donors (Lipinski definition) is 1. The van der Waals surface area contributed by atoms with E-state index in [2.05, 4.69) is 29.9 Å². The second-order valence-corrected chi connectivity index (χ2v) is 7.51. The molecule has 1 saturated carbocycles. The Morgan fingerprint density at radius 1 is 1.18 bits per heavy atom. The highest BCUT2D eigenvalue weighted by Crippen LogP contribution is 2.24. The molecule has 3 aromatic rings. The number of hydrogen-bond acceptors (Lipinski definition) is 4. The Morgan fingerprint density at radius 3 is 2.39 bits per heavy atom. The van der Waals surface area contributed by atoms with Gasteiger partial charge in [0, 0.05) is 17.1 Å². The molecule has 0 radical (unpaired) electrons. The number of terminal acetylenes is 1. The number of benzene rings is 1. The molecule has 0 saturated heterocycles. The zero-order valence-electron chi connectivity index (χ0n) is 16.1. The molecule has 0 atom stereocenters. The van der Waals surface area contributed by atoms with Gasteiger partial charge in [0.1, 0.15) is 10.7 Å². The van der Waals surface area contributed by atoms with Gasteiger partial charge in [-0.1, -0.05) is 57.2 Å². The third-order valence-electron chi connectivity index (χ3n) is 4.50. The fraction of sp³-hybridized carbons (Fsp3) is 0.318. The van der Waals surface area contributed by atoms with Gasteiger partial charge in [0.25, 0.3) is 5.91 Å². The van der Waals surface area contributed by atoms with Gasteiger partial charge in [0.2, 0.25) is 0 Å². The monoisotopic (exact) mass is 394 g/mol. The van der Waals surface area contributed by atoms with Crippen molar-refractivity contribution in [2.24, 2.45) is 11.7 Å². The van der Waals surface area contributed by atoms with Crippen molar-refractivity contribution < 1.29 is 4.79 Å². The minimum atomic E-state index is -0.516. The first kappa shape index (κ1) is 21.4. The number of para-hydroxylation sites is 1. The summed E-state index contributed by atoms with van der Waals surface area (Å²) in [5.74, 6) is 0.520. The third kappa shape index (κ3) is 6.07. The lowest BCUT2D eigenvalue weighted by Crippen LogP contribution is -2.10. The summed E-state index contributed by atoms with van der Waals surface area (Å²) in [4.78, 5) is 15.2. The number of carbonyl (C=O) groups excluding carboxylic acids is 1. The minimum absolute atomic E-state index is 0.285. The molecule has 6 heteroatoms. The Kier molecular flexibility index (Phi) is 8.44. The molecule has 0 spiro atoms. The first-order chi connectivity index (χ1) is 13.6. The summed E-state index contributed by atoms with van der Waals surface area (Å²) in [6.45, 7) is 2.36. The molecule has 0 aliphatic heterocycles. The quantitative estimate of drug-likeness (QED) is 0.640. The predicted octanol–water partition coefficient (Wildman–Crippen LogP) is 4.93. The Bertz CT molecular complexity index is 876. The summed E-state index contributed by atoms with van der Waals surface area (Å²) in [5.41, 5.74) is 7.31. The van der Waals surface area contributed by atoms with Gasteiger partial charge >= 0.3 is 0 Å². The maximum absolute atomic E-state index is 11.0. The first-order valence-electron chi connectivity index (χ1n) is 9.32. The fourth-order valence-electron chi connectivity index (χ4n) is 2.98. The molecular weight excluding hydrogens is 368 g/mol. The van der Waals surface area contributed by atoms with E-state index in [-0.39, 0.29) is 5.69 Å². The maximum Gasteiger partial charge on any atom is 0.268 e. The third-order valence-corrected chi connectivity index (χ3v) is 5.39. The van der Waals surface area contributed by atoms with E-state index in [0.717, 1.165) is 22.2 Å². The molecule has 2 heterocycles. The van der Waals surface area contributed by atoms with Crippen LogP contribution < -0.4 is 5.73 Å². The largest absolute Gasteiger partial charge is 0.364 e. The normalized spacial score (nSPS) is 13.5. The van der Waals surface area contributed by atoms with E-state index in [4.69, 9.17) is 5.73 Å². The number of thiazole rings is 1. The molecule has 1 aliphatic rings. The number of rotatable bonds is 3. The van der Waals surface area contributed by atoms with Gasteiger partial charge in [-0.3, -0.25) is 4.79 Å². The van der Waals surface area contributed by atoms with Crippen LogP contribution >= 0.6 is 11.3 Å². The van der Waals surface area contributed by atoms with Crippen molar-refractivity contribution >= 4 is 17.2 Å². The molecule has 1 amide bonds. The molecule has 146 valence electrons. The maximum atomic E-state index is 11.0. The molecule has 0 bridgehead atoms. The van der Waals surface area contributed by atoms with E-state index in [9.17, 15) is 4.79 Å². The lowest BCUT2D eigenvalue weighted by atomic mass is 9.91. The number of primary amides is 1. The van der Waals surface area contributed by atoms with Crippen molar-refractivity contribution in [3.63, 3.8) is 0 Å². The highest BCUT2D eigenvalue weighted by Gasteiger charge is 2.10. The highest BCUT2D eigenvalue weighted by molar-refractivity contribution is 7.13. The zero-order valence-corrected chi connectivity index (χ0v) is 16.9. The van der Waals surface area contributed by atoms with Crippen LogP contribution in [0.15, 0.2) is 48.1 Å². The van der Waals surface area contributed by atoms with E-state index < -0.39 is 5.91 Å². The molecule has 4 rings (SSSR count). The van der Waals surface area contributed by atoms with Crippen LogP contribution in [0.1, 0.15) is 49.5 Å². The van der Waals surface area contributed by atoms with E-state index in [1.165, 1.54) is 43.4 Å². The van der Waals surface area contributed by atoms with E-state index >= 15 is 0 Å². The van der Waals surface area contributed by atoms with Gasteiger partial charge in [-0.15, -0.1) is 24.2 Å². The number of nitrogens with two attached hydrogens (primary N) is 1. The average Bonchev–Trinajstić information content (AvgIpc) is 3.41. The summed E-state index contributed by atoms with van der Waals surface area (Å²) in [6.07, 6.45) is 19.0. The molecule has 1 fully saturated rings. The van der Waals surface area contributed by atoms with Crippen LogP contribution in [-0.4, -0.2) is 20.7 Å². The van der Waals surface area contributed by atoms with Gasteiger partial charge in [0.05, 0.1) is 11.9 Å². The van der Waals surface area contributed by atoms with Crippen molar-refractivity contribution in [2.75, 3.05) is 0 Å². The first-order valence-corrected chi connectivity index (χ1v) is 10.2. The van der Waals surface area contributed by atoms with Gasteiger partial charge in [-0.2, -0.15) is 5.10 Å². The minimum Gasteiger partial charge on any atom is -0.364 e. The predicted molar refractivity (Wildman–Crippen MR) is 115 cm³/mol.